The number of alkyl halides is 6. The number of pyridine rings is 1. The molecule has 3 fully saturated rings. The van der Waals surface area contributed by atoms with Crippen molar-refractivity contribution >= 4 is 21.9 Å². The van der Waals surface area contributed by atoms with Crippen LogP contribution in [0.5, 0.6) is 5.75 Å². The molecule has 0 radical (unpaired) electrons. The minimum absolute atomic E-state index is 0.0154. The fourth-order valence-corrected chi connectivity index (χ4v) is 6.57. The number of hydrogen-bond donors (Lipinski definition) is 0. The number of rotatable bonds is 9. The van der Waals surface area contributed by atoms with Crippen molar-refractivity contribution in [2.45, 2.75) is 68.6 Å². The topological polar surface area (TPSA) is 106 Å². The van der Waals surface area contributed by atoms with E-state index in [1.54, 1.807) is 0 Å². The van der Waals surface area contributed by atoms with E-state index in [2.05, 4.69) is 9.82 Å². The molecule has 0 atom stereocenters. The Bertz CT molecular complexity index is 1550. The lowest BCUT2D eigenvalue weighted by Crippen LogP contribution is -2.44. The molecule has 17 heteroatoms. The second-order valence-corrected chi connectivity index (χ2v) is 13.4. The molecule has 9 nitrogen and oxygen atoms in total. The van der Waals surface area contributed by atoms with Gasteiger partial charge in [-0.1, -0.05) is 4.47 Å². The summed E-state index contributed by atoms with van der Waals surface area (Å²) in [5.74, 6) is -6.16. The summed E-state index contributed by atoms with van der Waals surface area (Å²) in [6.45, 7) is 1.05. The van der Waals surface area contributed by atoms with Crippen molar-refractivity contribution in [1.82, 2.24) is 14.4 Å². The molecule has 246 valence electrons. The van der Waals surface area contributed by atoms with E-state index in [-0.39, 0.29) is 49.3 Å². The first-order valence-corrected chi connectivity index (χ1v) is 15.6. The van der Waals surface area contributed by atoms with Crippen molar-refractivity contribution in [1.29, 1.82) is 0 Å². The molecular weight excluding hydrogens is 639 g/mol. The Hall–Kier alpha value is -3.47. The zero-order valence-electron chi connectivity index (χ0n) is 23.5. The molecule has 0 N–H and O–H groups in total. The Morgan fingerprint density at radius 2 is 1.67 bits per heavy atom. The zero-order valence-corrected chi connectivity index (χ0v) is 24.4. The number of benzene rings is 1. The lowest BCUT2D eigenvalue weighted by atomic mass is 9.97. The summed E-state index contributed by atoms with van der Waals surface area (Å²) in [6, 6.07) is 4.07. The second kappa shape index (κ2) is 12.4. The minimum Gasteiger partial charge on any atom is -0.493 e. The highest BCUT2D eigenvalue weighted by Crippen LogP contribution is 2.46. The van der Waals surface area contributed by atoms with Gasteiger partial charge in [0.15, 0.2) is 0 Å². The van der Waals surface area contributed by atoms with Crippen molar-refractivity contribution in [2.75, 3.05) is 19.7 Å². The Kier molecular flexibility index (Phi) is 9.05. The van der Waals surface area contributed by atoms with Gasteiger partial charge in [0.05, 0.1) is 28.7 Å². The Balaban J connectivity index is 1.26. The fraction of sp³-hybridized carbons (Fsp3) is 0.536. The van der Waals surface area contributed by atoms with Crippen LogP contribution in [-0.2, 0) is 32.4 Å². The first-order chi connectivity index (χ1) is 21.1. The summed E-state index contributed by atoms with van der Waals surface area (Å²) in [7, 11) is -4.85. The van der Waals surface area contributed by atoms with E-state index in [0.29, 0.717) is 44.3 Å². The third-order valence-electron chi connectivity index (χ3n) is 7.84. The summed E-state index contributed by atoms with van der Waals surface area (Å²) in [6.07, 6.45) is -6.41. The molecule has 1 aromatic heterocycles. The highest BCUT2D eigenvalue weighted by molar-refractivity contribution is 7.90. The van der Waals surface area contributed by atoms with Gasteiger partial charge in [-0.2, -0.15) is 26.3 Å². The molecule has 3 aliphatic rings. The average molecular weight is 668 g/mol. The maximum Gasteiger partial charge on any atom is 0.493 e. The number of amides is 1. The van der Waals surface area contributed by atoms with E-state index in [1.807, 2.05) is 4.90 Å². The molecule has 2 aliphatic carbocycles. The van der Waals surface area contributed by atoms with E-state index in [0.717, 1.165) is 18.2 Å². The van der Waals surface area contributed by atoms with Crippen LogP contribution in [0.1, 0.15) is 71.6 Å². The van der Waals surface area contributed by atoms with Crippen molar-refractivity contribution in [3.8, 4) is 5.75 Å². The number of piperidine rings is 1. The van der Waals surface area contributed by atoms with Crippen molar-refractivity contribution in [3.05, 3.63) is 58.7 Å². The normalized spacial score (nSPS) is 18.5. The third kappa shape index (κ3) is 7.68. The summed E-state index contributed by atoms with van der Waals surface area (Å²) in [5.41, 5.74) is -1.42. The molecule has 1 aliphatic heterocycles. The van der Waals surface area contributed by atoms with Gasteiger partial charge in [-0.05, 0) is 87.2 Å². The summed E-state index contributed by atoms with van der Waals surface area (Å²) < 4.78 is 124. The lowest BCUT2D eigenvalue weighted by Gasteiger charge is -2.32. The number of nitrogens with zero attached hydrogens (tertiary/aromatic N) is 3. The monoisotopic (exact) mass is 667 g/mol. The Morgan fingerprint density at radius 3 is 2.24 bits per heavy atom. The number of carbonyl (C=O) groups is 2. The van der Waals surface area contributed by atoms with Crippen LogP contribution in [0.2, 0.25) is 0 Å². The summed E-state index contributed by atoms with van der Waals surface area (Å²) in [5, 5.41) is -1.25. The molecular formula is C28H28F7N3O6S. The number of sulfonamides is 1. The van der Waals surface area contributed by atoms with Crippen LogP contribution >= 0.6 is 0 Å². The number of likely N-dealkylation sites (tertiary alicyclic amines) is 1. The van der Waals surface area contributed by atoms with Crippen LogP contribution < -0.4 is 4.74 Å². The number of hydroxylamine groups is 1. The number of aromatic nitrogens is 1. The summed E-state index contributed by atoms with van der Waals surface area (Å²) in [4.78, 5) is 34.3. The molecule has 2 heterocycles. The standard InChI is InChI=1S/C28H28F7N3O6S/c29-22-13-24(43-15-16-7-10-37(11-8-16)14-23-21(27(30,31)32)2-1-9-36-23)19(17-3-4-17)12-20(22)25(39)38(44-26(40)28(33,34)35)45(41,42)18-5-6-18/h1-2,9,12-13,16-18H,3-8,10-11,14-15H2. The molecule has 2 aromatic rings. The second-order valence-electron chi connectivity index (χ2n) is 11.3. The smallest absolute Gasteiger partial charge is 0.493 e. The average Bonchev–Trinajstić information content (AvgIpc) is 3.87. The maximum absolute atomic E-state index is 15.3. The quantitative estimate of drug-likeness (QED) is 0.260. The maximum atomic E-state index is 15.3. The number of ether oxygens (including phenoxy) is 1. The van der Waals surface area contributed by atoms with Gasteiger partial charge in [-0.3, -0.25) is 14.7 Å². The van der Waals surface area contributed by atoms with Crippen molar-refractivity contribution in [2.24, 2.45) is 5.92 Å². The van der Waals surface area contributed by atoms with E-state index in [9.17, 15) is 44.3 Å². The van der Waals surface area contributed by atoms with E-state index in [1.165, 1.54) is 12.3 Å². The minimum atomic E-state index is -5.62. The van der Waals surface area contributed by atoms with Crippen LogP contribution in [0, 0.1) is 11.7 Å². The van der Waals surface area contributed by atoms with Gasteiger partial charge >= 0.3 is 24.2 Å². The molecule has 45 heavy (non-hydrogen) atoms. The predicted molar refractivity (Wildman–Crippen MR) is 141 cm³/mol. The predicted octanol–water partition coefficient (Wildman–Crippen LogP) is 5.36. The Labute approximate surface area is 253 Å². The van der Waals surface area contributed by atoms with Gasteiger partial charge in [0.2, 0.25) is 0 Å². The van der Waals surface area contributed by atoms with E-state index < -0.39 is 60.9 Å². The SMILES string of the molecule is O=C(c1cc(C2CC2)c(OCC2CCN(Cc3ncccc3C(F)(F)F)CC2)cc1F)N(OC(=O)C(F)(F)F)S(=O)(=O)C1CC1. The highest BCUT2D eigenvalue weighted by Gasteiger charge is 2.50. The van der Waals surface area contributed by atoms with Crippen LogP contribution in [0.15, 0.2) is 30.5 Å². The third-order valence-corrected chi connectivity index (χ3v) is 9.85. The molecule has 0 spiro atoms. The lowest BCUT2D eigenvalue weighted by molar-refractivity contribution is -0.217. The molecule has 1 saturated heterocycles. The first-order valence-electron chi connectivity index (χ1n) is 14.1. The number of carbonyl (C=O) groups excluding carboxylic acids is 2. The van der Waals surface area contributed by atoms with Gasteiger partial charge in [0.1, 0.15) is 11.6 Å². The van der Waals surface area contributed by atoms with E-state index in [4.69, 9.17) is 4.74 Å². The fourth-order valence-electron chi connectivity index (χ4n) is 5.06. The first kappa shape index (κ1) is 32.9. The van der Waals surface area contributed by atoms with Crippen LogP contribution in [0.3, 0.4) is 0 Å². The number of hydrogen-bond acceptors (Lipinski definition) is 8. The van der Waals surface area contributed by atoms with Crippen LogP contribution in [0.25, 0.3) is 0 Å². The Morgan fingerprint density at radius 1 is 1.00 bits per heavy atom. The van der Waals surface area contributed by atoms with Gasteiger partial charge in [0, 0.05) is 18.8 Å². The van der Waals surface area contributed by atoms with Crippen molar-refractivity contribution < 1.29 is 58.3 Å². The van der Waals surface area contributed by atoms with Gasteiger partial charge in [-0.15, -0.1) is 0 Å². The van der Waals surface area contributed by atoms with E-state index >= 15 is 4.39 Å². The van der Waals surface area contributed by atoms with Crippen molar-refractivity contribution in [3.63, 3.8) is 0 Å². The molecule has 2 saturated carbocycles. The molecule has 5 rings (SSSR count). The molecule has 0 unspecified atom stereocenters. The zero-order chi connectivity index (χ0) is 32.7. The molecule has 1 amide bonds. The number of halogens is 7. The molecule has 0 bridgehead atoms. The van der Waals surface area contributed by atoms with Gasteiger partial charge in [0.25, 0.3) is 10.0 Å². The van der Waals surface area contributed by atoms with Gasteiger partial charge < -0.3 is 9.57 Å². The highest BCUT2D eigenvalue weighted by atomic mass is 32.2. The summed E-state index contributed by atoms with van der Waals surface area (Å²) >= 11 is 0. The van der Waals surface area contributed by atoms with Crippen LogP contribution in [-0.4, -0.2) is 65.8 Å². The van der Waals surface area contributed by atoms with Crippen LogP contribution in [0.4, 0.5) is 30.7 Å². The molecule has 1 aromatic carbocycles. The van der Waals surface area contributed by atoms with Gasteiger partial charge in [-0.25, -0.2) is 17.6 Å². The largest absolute Gasteiger partial charge is 0.493 e.